The molecule has 1 N–H and O–H groups in total. The van der Waals surface area contributed by atoms with Crippen LogP contribution >= 0.6 is 0 Å². The summed E-state index contributed by atoms with van der Waals surface area (Å²) in [6.45, 7) is 0. The molecule has 0 aromatic heterocycles. The minimum absolute atomic E-state index is 0.340. The molecule has 0 spiro atoms. The molecule has 3 rings (SSSR count). The van der Waals surface area contributed by atoms with Crippen LogP contribution in [0, 0.1) is 11.3 Å². The van der Waals surface area contributed by atoms with Gasteiger partial charge in [-0.05, 0) is 34.9 Å². The molecular weight excluding hydrogens is 198 g/mol. The van der Waals surface area contributed by atoms with E-state index in [-0.39, 0.29) is 0 Å². The fourth-order valence-electron chi connectivity index (χ4n) is 2.28. The number of rotatable bonds is 0. The lowest BCUT2D eigenvalue weighted by atomic mass is 10.0. The summed E-state index contributed by atoms with van der Waals surface area (Å²) in [6, 6.07) is 13.4. The van der Waals surface area contributed by atoms with Crippen LogP contribution in [0.2, 0.25) is 0 Å². The number of phenolic OH excluding ortho intramolecular Hbond substituents is 1. The molecule has 1 aliphatic rings. The van der Waals surface area contributed by atoms with E-state index in [2.05, 4.69) is 6.07 Å². The van der Waals surface area contributed by atoms with Crippen LogP contribution in [0.4, 0.5) is 0 Å². The maximum absolute atomic E-state index is 9.76. The molecule has 0 amide bonds. The predicted molar refractivity (Wildman–Crippen MR) is 61.1 cm³/mol. The van der Waals surface area contributed by atoms with Crippen LogP contribution in [0.5, 0.6) is 5.75 Å². The van der Waals surface area contributed by atoms with Gasteiger partial charge in [0.15, 0.2) is 0 Å². The number of phenols is 1. The molecule has 1 aliphatic carbocycles. The molecule has 2 aromatic rings. The number of hydrogen-bond donors (Lipinski definition) is 1. The van der Waals surface area contributed by atoms with E-state index in [1.165, 1.54) is 0 Å². The summed E-state index contributed by atoms with van der Waals surface area (Å²) in [5.41, 5.74) is 4.97. The number of nitrogens with zero attached hydrogens (tertiary/aromatic N) is 1. The Kier molecular flexibility index (Phi) is 1.75. The lowest BCUT2D eigenvalue weighted by molar-refractivity contribution is 0.470. The van der Waals surface area contributed by atoms with Gasteiger partial charge in [-0.2, -0.15) is 5.26 Å². The predicted octanol–water partition coefficient (Wildman–Crippen LogP) is 2.84. The second kappa shape index (κ2) is 3.11. The molecule has 16 heavy (non-hydrogen) atoms. The summed E-state index contributed by atoms with van der Waals surface area (Å²) in [7, 11) is 0. The van der Waals surface area contributed by atoms with Gasteiger partial charge in [0.25, 0.3) is 0 Å². The van der Waals surface area contributed by atoms with Crippen molar-refractivity contribution >= 4 is 0 Å². The first-order valence-electron chi connectivity index (χ1n) is 5.14. The van der Waals surface area contributed by atoms with E-state index in [0.717, 1.165) is 22.3 Å². The molecule has 76 valence electrons. The highest BCUT2D eigenvalue weighted by atomic mass is 16.3. The number of hydrogen-bond acceptors (Lipinski definition) is 2. The van der Waals surface area contributed by atoms with Gasteiger partial charge in [-0.15, -0.1) is 0 Å². The van der Waals surface area contributed by atoms with E-state index < -0.39 is 0 Å². The van der Waals surface area contributed by atoms with Crippen LogP contribution in [0.1, 0.15) is 16.7 Å². The zero-order chi connectivity index (χ0) is 11.1. The zero-order valence-corrected chi connectivity index (χ0v) is 8.57. The molecule has 0 atom stereocenters. The Bertz CT molecular complexity index is 623. The smallest absolute Gasteiger partial charge is 0.119 e. The molecule has 2 aromatic carbocycles. The van der Waals surface area contributed by atoms with Crippen LogP contribution in [-0.4, -0.2) is 5.11 Å². The van der Waals surface area contributed by atoms with E-state index in [9.17, 15) is 5.11 Å². The highest BCUT2D eigenvalue weighted by Crippen LogP contribution is 2.40. The third-order valence-electron chi connectivity index (χ3n) is 3.04. The first kappa shape index (κ1) is 8.99. The Morgan fingerprint density at radius 1 is 1.12 bits per heavy atom. The highest BCUT2D eigenvalue weighted by molar-refractivity contribution is 5.79. The fourth-order valence-corrected chi connectivity index (χ4v) is 2.28. The summed E-state index contributed by atoms with van der Waals surface area (Å²) in [5, 5.41) is 18.6. The quantitative estimate of drug-likeness (QED) is 0.616. The van der Waals surface area contributed by atoms with Gasteiger partial charge >= 0.3 is 0 Å². The lowest BCUT2D eigenvalue weighted by Gasteiger charge is -2.01. The van der Waals surface area contributed by atoms with E-state index in [1.54, 1.807) is 6.07 Å². The largest absolute Gasteiger partial charge is 0.508 e. The number of benzene rings is 2. The van der Waals surface area contributed by atoms with Gasteiger partial charge in [0.05, 0.1) is 11.6 Å². The number of aromatic hydroxyl groups is 1. The molecule has 0 fully saturated rings. The number of fused-ring (bicyclic) bond motifs is 3. The van der Waals surface area contributed by atoms with Crippen LogP contribution in [0.15, 0.2) is 36.4 Å². The maximum atomic E-state index is 9.76. The van der Waals surface area contributed by atoms with Crippen molar-refractivity contribution in [1.29, 1.82) is 5.26 Å². The first-order chi connectivity index (χ1) is 7.79. The van der Waals surface area contributed by atoms with Crippen molar-refractivity contribution in [3.63, 3.8) is 0 Å². The summed E-state index contributed by atoms with van der Waals surface area (Å²) in [6.07, 6.45) is 0.715. The van der Waals surface area contributed by atoms with Gasteiger partial charge in [-0.3, -0.25) is 0 Å². The van der Waals surface area contributed by atoms with Crippen LogP contribution in [0.25, 0.3) is 11.1 Å². The minimum atomic E-state index is 0.340. The monoisotopic (exact) mass is 207 g/mol. The van der Waals surface area contributed by atoms with Gasteiger partial charge in [0, 0.05) is 12.0 Å². The van der Waals surface area contributed by atoms with Crippen molar-refractivity contribution < 1.29 is 5.11 Å². The first-order valence-corrected chi connectivity index (χ1v) is 5.14. The summed E-state index contributed by atoms with van der Waals surface area (Å²) >= 11 is 0. The van der Waals surface area contributed by atoms with Crippen molar-refractivity contribution in [2.75, 3.05) is 0 Å². The summed E-state index contributed by atoms with van der Waals surface area (Å²) in [5.74, 6) is 0.340. The van der Waals surface area contributed by atoms with Crippen LogP contribution in [0.3, 0.4) is 0 Å². The highest BCUT2D eigenvalue weighted by Gasteiger charge is 2.20. The van der Waals surface area contributed by atoms with Crippen LogP contribution in [-0.2, 0) is 6.42 Å². The molecule has 0 aliphatic heterocycles. The topological polar surface area (TPSA) is 44.0 Å². The molecule has 2 nitrogen and oxygen atoms in total. The Morgan fingerprint density at radius 3 is 2.81 bits per heavy atom. The second-order valence-corrected chi connectivity index (χ2v) is 3.96. The molecule has 0 saturated heterocycles. The van der Waals surface area contributed by atoms with Crippen molar-refractivity contribution in [2.24, 2.45) is 0 Å². The Hall–Kier alpha value is -2.27. The summed E-state index contributed by atoms with van der Waals surface area (Å²) < 4.78 is 0. The molecule has 0 radical (unpaired) electrons. The number of nitriles is 1. The SMILES string of the molecule is N#Cc1ccc2c(c1)Cc1c(O)cccc1-2. The maximum Gasteiger partial charge on any atom is 0.119 e. The van der Waals surface area contributed by atoms with Crippen molar-refractivity contribution in [1.82, 2.24) is 0 Å². The van der Waals surface area contributed by atoms with E-state index in [0.29, 0.717) is 17.7 Å². The molecule has 0 saturated carbocycles. The molecule has 2 heteroatoms. The standard InChI is InChI=1S/C14H9NO/c15-8-9-4-5-11-10(6-9)7-13-12(11)2-1-3-14(13)16/h1-6,16H,7H2. The minimum Gasteiger partial charge on any atom is -0.508 e. The average Bonchev–Trinajstić information content (AvgIpc) is 2.68. The average molecular weight is 207 g/mol. The van der Waals surface area contributed by atoms with Gasteiger partial charge in [-0.1, -0.05) is 18.2 Å². The van der Waals surface area contributed by atoms with E-state index in [1.807, 2.05) is 30.3 Å². The second-order valence-electron chi connectivity index (χ2n) is 3.96. The van der Waals surface area contributed by atoms with Gasteiger partial charge in [-0.25, -0.2) is 0 Å². The molecular formula is C14H9NO. The van der Waals surface area contributed by atoms with Gasteiger partial charge in [0.2, 0.25) is 0 Å². The normalized spacial score (nSPS) is 11.7. The van der Waals surface area contributed by atoms with Gasteiger partial charge in [0.1, 0.15) is 5.75 Å². The zero-order valence-electron chi connectivity index (χ0n) is 8.57. The summed E-state index contributed by atoms with van der Waals surface area (Å²) in [4.78, 5) is 0. The van der Waals surface area contributed by atoms with E-state index >= 15 is 0 Å². The van der Waals surface area contributed by atoms with Crippen molar-refractivity contribution in [3.05, 3.63) is 53.1 Å². The Balaban J connectivity index is 2.25. The third kappa shape index (κ3) is 1.12. The molecule has 0 heterocycles. The molecule has 0 unspecified atom stereocenters. The Morgan fingerprint density at radius 2 is 2.00 bits per heavy atom. The lowest BCUT2D eigenvalue weighted by Crippen LogP contribution is -1.82. The van der Waals surface area contributed by atoms with Crippen molar-refractivity contribution in [3.8, 4) is 22.9 Å². The Labute approximate surface area is 93.4 Å². The fraction of sp³-hybridized carbons (Fsp3) is 0.0714. The van der Waals surface area contributed by atoms with E-state index in [4.69, 9.17) is 5.26 Å². The molecule has 0 bridgehead atoms. The van der Waals surface area contributed by atoms with Gasteiger partial charge < -0.3 is 5.11 Å². The van der Waals surface area contributed by atoms with Crippen LogP contribution < -0.4 is 0 Å². The van der Waals surface area contributed by atoms with Crippen molar-refractivity contribution in [2.45, 2.75) is 6.42 Å². The third-order valence-corrected chi connectivity index (χ3v) is 3.04.